The van der Waals surface area contributed by atoms with Gasteiger partial charge in [0.15, 0.2) is 5.11 Å². The molecule has 4 heterocycles. The first-order valence-electron chi connectivity index (χ1n) is 13.0. The molecule has 2 aliphatic rings. The minimum Gasteiger partial charge on any atom is -0.490 e. The van der Waals surface area contributed by atoms with E-state index in [4.69, 9.17) is 26.4 Å². The molecule has 4 aromatic rings. The highest BCUT2D eigenvalue weighted by Crippen LogP contribution is 2.43. The highest BCUT2D eigenvalue weighted by atomic mass is 32.1. The van der Waals surface area contributed by atoms with Crippen molar-refractivity contribution in [1.29, 1.82) is 0 Å². The molecule has 6 nitrogen and oxygen atoms in total. The molecular formula is C30H32N4O2S. The number of benzene rings is 1. The predicted octanol–water partition coefficient (Wildman–Crippen LogP) is 6.64. The Morgan fingerprint density at radius 3 is 2.57 bits per heavy atom. The standard InChI is InChI=1S/C30H32N4O2S/c1-20-18-26(21(2)33(20)19-25-10-7-17-35-25)29-28(27-11-5-6-16-31-27)32-30(37)34(29)22-12-14-24(15-13-22)36-23-8-3-4-9-23/h5-7,10-18,23,28-29H,3-4,8-9,19H2,1-2H3,(H,32,37)/t28-,29+/m0/s1. The summed E-state index contributed by atoms with van der Waals surface area (Å²) in [7, 11) is 0. The maximum Gasteiger partial charge on any atom is 0.174 e. The van der Waals surface area contributed by atoms with Gasteiger partial charge in [0.2, 0.25) is 0 Å². The molecule has 1 aliphatic carbocycles. The second kappa shape index (κ2) is 10.1. The van der Waals surface area contributed by atoms with Crippen LogP contribution >= 0.6 is 12.2 Å². The summed E-state index contributed by atoms with van der Waals surface area (Å²) in [5.74, 6) is 1.85. The quantitative estimate of drug-likeness (QED) is 0.280. The van der Waals surface area contributed by atoms with Crippen molar-refractivity contribution < 1.29 is 9.15 Å². The highest BCUT2D eigenvalue weighted by Gasteiger charge is 2.42. The maximum atomic E-state index is 6.22. The van der Waals surface area contributed by atoms with E-state index < -0.39 is 0 Å². The number of thiocarbonyl (C=S) groups is 1. The third-order valence-electron chi connectivity index (χ3n) is 7.64. The Hall–Kier alpha value is -3.58. The Morgan fingerprint density at radius 2 is 1.86 bits per heavy atom. The summed E-state index contributed by atoms with van der Waals surface area (Å²) in [4.78, 5) is 6.93. The van der Waals surface area contributed by atoms with Gasteiger partial charge in [-0.1, -0.05) is 6.07 Å². The Morgan fingerprint density at radius 1 is 1.05 bits per heavy atom. The first kappa shape index (κ1) is 23.8. The van der Waals surface area contributed by atoms with Crippen LogP contribution < -0.4 is 15.0 Å². The number of aryl methyl sites for hydroxylation is 1. The van der Waals surface area contributed by atoms with Crippen LogP contribution in [0.25, 0.3) is 0 Å². The summed E-state index contributed by atoms with van der Waals surface area (Å²) in [6, 6.07) is 20.5. The third-order valence-corrected chi connectivity index (χ3v) is 7.96. The third kappa shape index (κ3) is 4.64. The minimum atomic E-state index is -0.0827. The van der Waals surface area contributed by atoms with Crippen molar-refractivity contribution in [3.8, 4) is 5.75 Å². The molecule has 0 bridgehead atoms. The van der Waals surface area contributed by atoms with E-state index in [0.29, 0.717) is 17.8 Å². The monoisotopic (exact) mass is 512 g/mol. The van der Waals surface area contributed by atoms with Gasteiger partial charge in [-0.05, 0) is 112 Å². The lowest BCUT2D eigenvalue weighted by Crippen LogP contribution is -2.29. The first-order valence-corrected chi connectivity index (χ1v) is 13.5. The number of nitrogens with one attached hydrogen (secondary N) is 1. The zero-order valence-electron chi connectivity index (χ0n) is 21.3. The molecule has 0 amide bonds. The van der Waals surface area contributed by atoms with Crippen LogP contribution in [0.15, 0.2) is 77.5 Å². The van der Waals surface area contributed by atoms with Gasteiger partial charge in [-0.15, -0.1) is 0 Å². The van der Waals surface area contributed by atoms with E-state index in [9.17, 15) is 0 Å². The van der Waals surface area contributed by atoms with Crippen molar-refractivity contribution >= 4 is 23.0 Å². The van der Waals surface area contributed by atoms with Gasteiger partial charge in [0, 0.05) is 23.3 Å². The van der Waals surface area contributed by atoms with E-state index in [-0.39, 0.29) is 12.1 Å². The Balaban J connectivity index is 1.37. The fourth-order valence-electron chi connectivity index (χ4n) is 5.76. The normalized spacial score (nSPS) is 19.9. The number of anilines is 1. The van der Waals surface area contributed by atoms with Gasteiger partial charge in [0.05, 0.1) is 36.7 Å². The average molecular weight is 513 g/mol. The number of aromatic nitrogens is 2. The molecule has 1 aromatic carbocycles. The summed E-state index contributed by atoms with van der Waals surface area (Å²) in [6.45, 7) is 5.02. The summed E-state index contributed by atoms with van der Waals surface area (Å²) < 4.78 is 14.2. The van der Waals surface area contributed by atoms with Crippen molar-refractivity contribution in [3.05, 3.63) is 102 Å². The molecule has 190 valence electrons. The van der Waals surface area contributed by atoms with Crippen molar-refractivity contribution in [2.45, 2.75) is 64.3 Å². The van der Waals surface area contributed by atoms with E-state index in [1.165, 1.54) is 29.8 Å². The van der Waals surface area contributed by atoms with Crippen LogP contribution in [-0.4, -0.2) is 20.8 Å². The van der Waals surface area contributed by atoms with Crippen LogP contribution in [-0.2, 0) is 6.54 Å². The largest absolute Gasteiger partial charge is 0.490 e. The first-order chi connectivity index (χ1) is 18.1. The van der Waals surface area contributed by atoms with Crippen molar-refractivity contribution in [2.75, 3.05) is 4.90 Å². The van der Waals surface area contributed by atoms with Crippen LogP contribution in [0.4, 0.5) is 5.69 Å². The van der Waals surface area contributed by atoms with Gasteiger partial charge in [-0.2, -0.15) is 0 Å². The Bertz CT molecular complexity index is 1360. The smallest absolute Gasteiger partial charge is 0.174 e. The molecule has 2 atom stereocenters. The lowest BCUT2D eigenvalue weighted by molar-refractivity contribution is 0.210. The van der Waals surface area contributed by atoms with E-state index in [1.54, 1.807) is 6.26 Å². The Labute approximate surface area is 223 Å². The molecule has 1 saturated carbocycles. The SMILES string of the molecule is Cc1cc([C@@H]2[C@H](c3ccccn3)NC(=S)N2c2ccc(OC3CCCC3)cc2)c(C)n1Cc1ccco1. The van der Waals surface area contributed by atoms with Crippen molar-refractivity contribution in [2.24, 2.45) is 0 Å². The molecule has 0 radical (unpaired) electrons. The molecule has 6 rings (SSSR count). The molecule has 3 aromatic heterocycles. The highest BCUT2D eigenvalue weighted by molar-refractivity contribution is 7.80. The number of nitrogens with zero attached hydrogens (tertiary/aromatic N) is 3. The number of rotatable bonds is 7. The van der Waals surface area contributed by atoms with Crippen LogP contribution in [0.5, 0.6) is 5.75 Å². The molecule has 37 heavy (non-hydrogen) atoms. The average Bonchev–Trinajstić information content (AvgIpc) is 3.72. The van der Waals surface area contributed by atoms with E-state index in [0.717, 1.165) is 35.7 Å². The fourth-order valence-corrected chi connectivity index (χ4v) is 6.11. The van der Waals surface area contributed by atoms with Crippen LogP contribution in [0.1, 0.15) is 66.2 Å². The van der Waals surface area contributed by atoms with Gasteiger partial charge in [-0.25, -0.2) is 0 Å². The molecule has 1 N–H and O–H groups in total. The van der Waals surface area contributed by atoms with Gasteiger partial charge in [0.25, 0.3) is 0 Å². The van der Waals surface area contributed by atoms with Gasteiger partial charge < -0.3 is 23.9 Å². The lowest BCUT2D eigenvalue weighted by Gasteiger charge is -2.28. The van der Waals surface area contributed by atoms with Crippen LogP contribution in [0.2, 0.25) is 0 Å². The summed E-state index contributed by atoms with van der Waals surface area (Å²) in [5, 5.41) is 4.27. The predicted molar refractivity (Wildman–Crippen MR) is 149 cm³/mol. The maximum absolute atomic E-state index is 6.22. The Kier molecular flexibility index (Phi) is 6.47. The summed E-state index contributed by atoms with van der Waals surface area (Å²) >= 11 is 5.94. The second-order valence-electron chi connectivity index (χ2n) is 10.0. The summed E-state index contributed by atoms with van der Waals surface area (Å²) in [6.07, 6.45) is 8.70. The molecule has 2 fully saturated rings. The number of hydrogen-bond donors (Lipinski definition) is 1. The molecule has 0 unspecified atom stereocenters. The zero-order valence-corrected chi connectivity index (χ0v) is 22.1. The lowest BCUT2D eigenvalue weighted by atomic mass is 9.96. The van der Waals surface area contributed by atoms with E-state index >= 15 is 0 Å². The van der Waals surface area contributed by atoms with Crippen LogP contribution in [0, 0.1) is 13.8 Å². The van der Waals surface area contributed by atoms with Gasteiger partial charge in [0.1, 0.15) is 11.5 Å². The summed E-state index contributed by atoms with van der Waals surface area (Å²) in [5.41, 5.74) is 5.60. The molecule has 1 aliphatic heterocycles. The van der Waals surface area contributed by atoms with E-state index in [2.05, 4.69) is 65.0 Å². The number of hydrogen-bond acceptors (Lipinski definition) is 4. The molecule has 1 saturated heterocycles. The number of pyridine rings is 1. The fraction of sp³-hybridized carbons (Fsp3) is 0.333. The molecule has 0 spiro atoms. The van der Waals surface area contributed by atoms with Gasteiger partial charge >= 0.3 is 0 Å². The minimum absolute atomic E-state index is 0.0550. The number of ether oxygens (including phenoxy) is 1. The van der Waals surface area contributed by atoms with Crippen molar-refractivity contribution in [3.63, 3.8) is 0 Å². The van der Waals surface area contributed by atoms with Crippen LogP contribution in [0.3, 0.4) is 0 Å². The molecular weight excluding hydrogens is 480 g/mol. The second-order valence-corrected chi connectivity index (χ2v) is 10.4. The molecule has 7 heteroatoms. The topological polar surface area (TPSA) is 55.5 Å². The number of furan rings is 1. The zero-order chi connectivity index (χ0) is 25.4. The van der Waals surface area contributed by atoms with Crippen molar-refractivity contribution in [1.82, 2.24) is 14.9 Å². The van der Waals surface area contributed by atoms with Gasteiger partial charge in [-0.3, -0.25) is 4.98 Å². The van der Waals surface area contributed by atoms with E-state index in [1.807, 2.05) is 30.5 Å².